The molecule has 1 aromatic rings. The van der Waals surface area contributed by atoms with Crippen molar-refractivity contribution in [1.82, 2.24) is 4.90 Å². The molecule has 5 nitrogen and oxygen atoms in total. The number of carboxylic acid groups (broad SMARTS) is 1. The number of nitrogens with zero attached hydrogens (tertiary/aromatic N) is 1. The predicted molar refractivity (Wildman–Crippen MR) is 72.5 cm³/mol. The minimum absolute atomic E-state index is 0.312. The number of hydrogen-bond donors (Lipinski definition) is 1. The zero-order valence-electron chi connectivity index (χ0n) is 10.3. The molecule has 0 spiro atoms. The standard InChI is InChI=1S/C11H14BrNO4S/c1-4-13(5-7(14)15)11(16)10-9(17-3)8(12)6(2)18-10/h4-5H2,1-3H3,(H,14,15). The first-order valence-electron chi connectivity index (χ1n) is 5.26. The third-order valence-electron chi connectivity index (χ3n) is 2.36. The van der Waals surface area contributed by atoms with Crippen molar-refractivity contribution in [3.63, 3.8) is 0 Å². The van der Waals surface area contributed by atoms with Gasteiger partial charge in [0.25, 0.3) is 5.91 Å². The Morgan fingerprint density at radius 3 is 2.56 bits per heavy atom. The van der Waals surface area contributed by atoms with Crippen LogP contribution in [-0.2, 0) is 4.79 Å². The summed E-state index contributed by atoms with van der Waals surface area (Å²) >= 11 is 4.64. The first-order chi connectivity index (χ1) is 8.42. The maximum atomic E-state index is 12.2. The number of carbonyl (C=O) groups excluding carboxylic acids is 1. The molecule has 0 aliphatic carbocycles. The van der Waals surface area contributed by atoms with Gasteiger partial charge in [-0.3, -0.25) is 9.59 Å². The highest BCUT2D eigenvalue weighted by Crippen LogP contribution is 2.39. The van der Waals surface area contributed by atoms with Gasteiger partial charge in [-0.15, -0.1) is 11.3 Å². The van der Waals surface area contributed by atoms with E-state index in [2.05, 4.69) is 15.9 Å². The number of rotatable bonds is 5. The van der Waals surface area contributed by atoms with Crippen molar-refractivity contribution >= 4 is 39.1 Å². The van der Waals surface area contributed by atoms with E-state index in [1.165, 1.54) is 23.3 Å². The molecule has 0 unspecified atom stereocenters. The molecule has 1 rings (SSSR count). The van der Waals surface area contributed by atoms with Crippen molar-refractivity contribution < 1.29 is 19.4 Å². The van der Waals surface area contributed by atoms with Gasteiger partial charge >= 0.3 is 5.97 Å². The van der Waals surface area contributed by atoms with Gasteiger partial charge in [-0.1, -0.05) is 0 Å². The van der Waals surface area contributed by atoms with Crippen LogP contribution in [0.2, 0.25) is 0 Å². The zero-order chi connectivity index (χ0) is 13.9. The van der Waals surface area contributed by atoms with Crippen molar-refractivity contribution in [2.45, 2.75) is 13.8 Å². The van der Waals surface area contributed by atoms with E-state index < -0.39 is 5.97 Å². The number of carbonyl (C=O) groups is 2. The lowest BCUT2D eigenvalue weighted by Crippen LogP contribution is -2.35. The van der Waals surface area contributed by atoms with Gasteiger partial charge in [-0.2, -0.15) is 0 Å². The highest BCUT2D eigenvalue weighted by Gasteiger charge is 2.25. The van der Waals surface area contributed by atoms with Gasteiger partial charge in [0.2, 0.25) is 0 Å². The van der Waals surface area contributed by atoms with Crippen LogP contribution in [-0.4, -0.2) is 42.1 Å². The SMILES string of the molecule is CCN(CC(=O)O)C(=O)c1sc(C)c(Br)c1OC. The summed E-state index contributed by atoms with van der Waals surface area (Å²) in [5, 5.41) is 8.77. The van der Waals surface area contributed by atoms with Gasteiger partial charge in [-0.05, 0) is 29.8 Å². The van der Waals surface area contributed by atoms with E-state index in [1.54, 1.807) is 6.92 Å². The number of halogens is 1. The van der Waals surface area contributed by atoms with Crippen LogP contribution in [0.5, 0.6) is 5.75 Å². The fourth-order valence-corrected chi connectivity index (χ4v) is 3.18. The lowest BCUT2D eigenvalue weighted by molar-refractivity contribution is -0.137. The number of hydrogen-bond acceptors (Lipinski definition) is 4. The van der Waals surface area contributed by atoms with Crippen molar-refractivity contribution in [1.29, 1.82) is 0 Å². The third kappa shape index (κ3) is 3.02. The Bertz CT molecular complexity index is 472. The van der Waals surface area contributed by atoms with Gasteiger partial charge in [0, 0.05) is 11.4 Å². The largest absolute Gasteiger partial charge is 0.494 e. The molecular weight excluding hydrogens is 322 g/mol. The topological polar surface area (TPSA) is 66.8 Å². The number of ether oxygens (including phenoxy) is 1. The maximum absolute atomic E-state index is 12.2. The van der Waals surface area contributed by atoms with Crippen LogP contribution in [0.4, 0.5) is 0 Å². The van der Waals surface area contributed by atoms with Crippen LogP contribution >= 0.6 is 27.3 Å². The molecule has 0 radical (unpaired) electrons. The van der Waals surface area contributed by atoms with Crippen LogP contribution in [0, 0.1) is 6.92 Å². The van der Waals surface area contributed by atoms with Gasteiger partial charge in [0.15, 0.2) is 5.75 Å². The van der Waals surface area contributed by atoms with Crippen molar-refractivity contribution in [3.05, 3.63) is 14.2 Å². The number of thiophene rings is 1. The quantitative estimate of drug-likeness (QED) is 0.896. The molecule has 0 atom stereocenters. The molecule has 0 aromatic carbocycles. The average molecular weight is 336 g/mol. The van der Waals surface area contributed by atoms with Crippen molar-refractivity contribution in [2.75, 3.05) is 20.2 Å². The molecule has 0 bridgehead atoms. The average Bonchev–Trinajstić information content (AvgIpc) is 2.61. The molecule has 100 valence electrons. The summed E-state index contributed by atoms with van der Waals surface area (Å²) in [6.07, 6.45) is 0. The number of amides is 1. The van der Waals surface area contributed by atoms with Crippen LogP contribution < -0.4 is 4.74 Å². The number of likely N-dealkylation sites (N-methyl/N-ethyl adjacent to an activating group) is 1. The lowest BCUT2D eigenvalue weighted by atomic mass is 10.3. The zero-order valence-corrected chi connectivity index (χ0v) is 12.7. The van der Waals surface area contributed by atoms with Gasteiger partial charge in [0.05, 0.1) is 11.6 Å². The molecule has 0 aliphatic heterocycles. The Kier molecular flexibility index (Phi) is 5.15. The number of aliphatic carboxylic acids is 1. The second-order valence-corrected chi connectivity index (χ2v) is 5.57. The van der Waals surface area contributed by atoms with E-state index >= 15 is 0 Å². The molecule has 1 N–H and O–H groups in total. The molecule has 18 heavy (non-hydrogen) atoms. The predicted octanol–water partition coefficient (Wildman–Crippen LogP) is 2.37. The summed E-state index contributed by atoms with van der Waals surface area (Å²) in [6.45, 7) is 3.63. The molecular formula is C11H14BrNO4S. The van der Waals surface area contributed by atoms with E-state index in [9.17, 15) is 9.59 Å². The first kappa shape index (κ1) is 15.0. The van der Waals surface area contributed by atoms with E-state index in [0.29, 0.717) is 17.2 Å². The number of aryl methyl sites for hydroxylation is 1. The van der Waals surface area contributed by atoms with E-state index in [4.69, 9.17) is 9.84 Å². The normalized spacial score (nSPS) is 10.2. The van der Waals surface area contributed by atoms with E-state index in [1.807, 2.05) is 6.92 Å². The van der Waals surface area contributed by atoms with Crippen LogP contribution in [0.15, 0.2) is 4.47 Å². The van der Waals surface area contributed by atoms with Crippen LogP contribution in [0.3, 0.4) is 0 Å². The second kappa shape index (κ2) is 6.19. The smallest absolute Gasteiger partial charge is 0.323 e. The molecule has 7 heteroatoms. The molecule has 0 fully saturated rings. The summed E-state index contributed by atoms with van der Waals surface area (Å²) < 4.78 is 5.93. The molecule has 1 heterocycles. The Balaban J connectivity index is 3.09. The Morgan fingerprint density at radius 1 is 1.50 bits per heavy atom. The minimum Gasteiger partial charge on any atom is -0.494 e. The lowest BCUT2D eigenvalue weighted by Gasteiger charge is -2.18. The summed E-state index contributed by atoms with van der Waals surface area (Å²) in [6, 6.07) is 0. The second-order valence-electron chi connectivity index (χ2n) is 3.55. The first-order valence-corrected chi connectivity index (χ1v) is 6.87. The van der Waals surface area contributed by atoms with Crippen molar-refractivity contribution in [2.24, 2.45) is 0 Å². The van der Waals surface area contributed by atoms with Gasteiger partial charge < -0.3 is 14.7 Å². The monoisotopic (exact) mass is 335 g/mol. The summed E-state index contributed by atoms with van der Waals surface area (Å²) in [4.78, 5) is 25.5. The maximum Gasteiger partial charge on any atom is 0.323 e. The molecule has 0 aliphatic rings. The molecule has 0 saturated heterocycles. The fraction of sp³-hybridized carbons (Fsp3) is 0.455. The molecule has 0 saturated carbocycles. The van der Waals surface area contributed by atoms with Crippen LogP contribution in [0.1, 0.15) is 21.5 Å². The molecule has 1 amide bonds. The minimum atomic E-state index is -1.03. The fourth-order valence-electron chi connectivity index (χ4n) is 1.46. The van der Waals surface area contributed by atoms with Gasteiger partial charge in [0.1, 0.15) is 11.4 Å². The molecule has 1 aromatic heterocycles. The summed E-state index contributed by atoms with van der Waals surface area (Å²) in [5.41, 5.74) is 0. The van der Waals surface area contributed by atoms with Crippen LogP contribution in [0.25, 0.3) is 0 Å². The van der Waals surface area contributed by atoms with E-state index in [0.717, 1.165) is 9.35 Å². The Morgan fingerprint density at radius 2 is 2.11 bits per heavy atom. The Hall–Kier alpha value is -1.08. The van der Waals surface area contributed by atoms with Crippen molar-refractivity contribution in [3.8, 4) is 5.75 Å². The summed E-state index contributed by atoms with van der Waals surface area (Å²) in [5.74, 6) is -0.890. The highest BCUT2D eigenvalue weighted by molar-refractivity contribution is 9.10. The number of carboxylic acids is 1. The summed E-state index contributed by atoms with van der Waals surface area (Å²) in [7, 11) is 1.48. The number of methoxy groups -OCH3 is 1. The highest BCUT2D eigenvalue weighted by atomic mass is 79.9. The van der Waals surface area contributed by atoms with E-state index in [-0.39, 0.29) is 12.5 Å². The van der Waals surface area contributed by atoms with Gasteiger partial charge in [-0.25, -0.2) is 0 Å². The third-order valence-corrected chi connectivity index (χ3v) is 4.66. The Labute approximate surface area is 117 Å².